The Labute approximate surface area is 98.8 Å². The molecule has 0 aromatic carbocycles. The van der Waals surface area contributed by atoms with Crippen molar-refractivity contribution in [1.29, 1.82) is 0 Å². The Morgan fingerprint density at radius 1 is 1.40 bits per heavy atom. The summed E-state index contributed by atoms with van der Waals surface area (Å²) in [4.78, 5) is 15.5. The van der Waals surface area contributed by atoms with Gasteiger partial charge in [0.15, 0.2) is 0 Å². The van der Waals surface area contributed by atoms with Gasteiger partial charge in [-0.15, -0.1) is 0 Å². The number of nitrogens with zero attached hydrogens (tertiary/aromatic N) is 1. The molecule has 0 saturated heterocycles. The molecular weight excluding hydrogens is 235 g/mol. The standard InChI is InChI=1S/C10H12Cl2N2O/c1-10(2,3)14-9(15)6-4-7(11)8(12)13-5-6/h4-5H,1-3H3,(H,14,15). The van der Waals surface area contributed by atoms with E-state index in [1.165, 1.54) is 12.3 Å². The first-order valence-electron chi connectivity index (χ1n) is 4.43. The third-order valence-corrected chi connectivity index (χ3v) is 2.23. The van der Waals surface area contributed by atoms with Crippen LogP contribution >= 0.6 is 23.2 Å². The summed E-state index contributed by atoms with van der Waals surface area (Å²) in [7, 11) is 0. The van der Waals surface area contributed by atoms with E-state index in [1.54, 1.807) is 0 Å². The maximum Gasteiger partial charge on any atom is 0.253 e. The second-order valence-electron chi connectivity index (χ2n) is 4.20. The van der Waals surface area contributed by atoms with Gasteiger partial charge in [-0.3, -0.25) is 4.79 Å². The Morgan fingerprint density at radius 3 is 2.47 bits per heavy atom. The molecule has 0 saturated carbocycles. The summed E-state index contributed by atoms with van der Waals surface area (Å²) in [6, 6.07) is 1.50. The van der Waals surface area contributed by atoms with E-state index in [2.05, 4.69) is 10.3 Å². The van der Waals surface area contributed by atoms with Crippen molar-refractivity contribution in [2.45, 2.75) is 26.3 Å². The van der Waals surface area contributed by atoms with Crippen LogP contribution in [0.3, 0.4) is 0 Å². The number of hydrogen-bond acceptors (Lipinski definition) is 2. The van der Waals surface area contributed by atoms with Crippen LogP contribution in [0, 0.1) is 0 Å². The van der Waals surface area contributed by atoms with E-state index in [9.17, 15) is 4.79 Å². The molecule has 1 amide bonds. The van der Waals surface area contributed by atoms with Crippen LogP contribution in [0.15, 0.2) is 12.3 Å². The number of pyridine rings is 1. The van der Waals surface area contributed by atoms with Crippen molar-refractivity contribution < 1.29 is 4.79 Å². The first-order chi connectivity index (χ1) is 6.79. The summed E-state index contributed by atoms with van der Waals surface area (Å²) in [6.45, 7) is 5.70. The summed E-state index contributed by atoms with van der Waals surface area (Å²) in [5.74, 6) is -0.214. The van der Waals surface area contributed by atoms with Crippen molar-refractivity contribution in [3.05, 3.63) is 28.0 Å². The molecule has 0 fully saturated rings. The van der Waals surface area contributed by atoms with E-state index in [4.69, 9.17) is 23.2 Å². The fraction of sp³-hybridized carbons (Fsp3) is 0.400. The Balaban J connectivity index is 2.88. The average Bonchev–Trinajstić information content (AvgIpc) is 2.06. The molecule has 82 valence electrons. The predicted octanol–water partition coefficient (Wildman–Crippen LogP) is 2.92. The van der Waals surface area contributed by atoms with Crippen LogP contribution in [-0.4, -0.2) is 16.4 Å². The lowest BCUT2D eigenvalue weighted by Crippen LogP contribution is -2.40. The molecule has 1 aromatic rings. The van der Waals surface area contributed by atoms with Gasteiger partial charge in [0, 0.05) is 11.7 Å². The minimum atomic E-state index is -0.288. The number of carbonyl (C=O) groups is 1. The van der Waals surface area contributed by atoms with E-state index in [0.29, 0.717) is 5.56 Å². The molecule has 15 heavy (non-hydrogen) atoms. The molecule has 1 heterocycles. The van der Waals surface area contributed by atoms with Crippen LogP contribution in [0.2, 0.25) is 10.2 Å². The highest BCUT2D eigenvalue weighted by molar-refractivity contribution is 6.41. The monoisotopic (exact) mass is 246 g/mol. The SMILES string of the molecule is CC(C)(C)NC(=O)c1cnc(Cl)c(Cl)c1. The Bertz CT molecular complexity index is 385. The molecule has 3 nitrogen and oxygen atoms in total. The minimum absolute atomic E-state index is 0.198. The molecule has 1 N–H and O–H groups in total. The van der Waals surface area contributed by atoms with Gasteiger partial charge in [0.2, 0.25) is 0 Å². The minimum Gasteiger partial charge on any atom is -0.347 e. The average molecular weight is 247 g/mol. The summed E-state index contributed by atoms with van der Waals surface area (Å²) in [5, 5.41) is 3.28. The highest BCUT2D eigenvalue weighted by Crippen LogP contribution is 2.19. The predicted molar refractivity (Wildman–Crippen MR) is 61.5 cm³/mol. The summed E-state index contributed by atoms with van der Waals surface area (Å²) in [5.41, 5.74) is 0.114. The topological polar surface area (TPSA) is 42.0 Å². The fourth-order valence-electron chi connectivity index (χ4n) is 0.958. The third kappa shape index (κ3) is 3.68. The van der Waals surface area contributed by atoms with Gasteiger partial charge in [-0.2, -0.15) is 0 Å². The van der Waals surface area contributed by atoms with Crippen molar-refractivity contribution in [2.75, 3.05) is 0 Å². The Hall–Kier alpha value is -0.800. The number of rotatable bonds is 1. The molecule has 1 aromatic heterocycles. The maximum absolute atomic E-state index is 11.7. The fourth-order valence-corrected chi connectivity index (χ4v) is 1.23. The van der Waals surface area contributed by atoms with Gasteiger partial charge >= 0.3 is 0 Å². The van der Waals surface area contributed by atoms with E-state index >= 15 is 0 Å². The van der Waals surface area contributed by atoms with Crippen molar-refractivity contribution in [3.63, 3.8) is 0 Å². The van der Waals surface area contributed by atoms with Gasteiger partial charge in [-0.1, -0.05) is 23.2 Å². The van der Waals surface area contributed by atoms with E-state index in [0.717, 1.165) is 0 Å². The molecule has 0 atom stereocenters. The van der Waals surface area contributed by atoms with E-state index in [-0.39, 0.29) is 21.6 Å². The van der Waals surface area contributed by atoms with Gasteiger partial charge in [0.25, 0.3) is 5.91 Å². The molecule has 0 aliphatic rings. The second-order valence-corrected chi connectivity index (χ2v) is 4.97. The van der Waals surface area contributed by atoms with Crippen LogP contribution in [0.1, 0.15) is 31.1 Å². The van der Waals surface area contributed by atoms with Crippen molar-refractivity contribution in [1.82, 2.24) is 10.3 Å². The smallest absolute Gasteiger partial charge is 0.253 e. The van der Waals surface area contributed by atoms with Crippen LogP contribution < -0.4 is 5.32 Å². The number of carbonyl (C=O) groups excluding carboxylic acids is 1. The first-order valence-corrected chi connectivity index (χ1v) is 5.19. The van der Waals surface area contributed by atoms with Gasteiger partial charge in [0.05, 0.1) is 10.6 Å². The van der Waals surface area contributed by atoms with Crippen molar-refractivity contribution >= 4 is 29.1 Å². The van der Waals surface area contributed by atoms with Crippen LogP contribution in [0.25, 0.3) is 0 Å². The number of amides is 1. The van der Waals surface area contributed by atoms with Gasteiger partial charge in [-0.25, -0.2) is 4.98 Å². The molecule has 0 unspecified atom stereocenters. The van der Waals surface area contributed by atoms with Crippen molar-refractivity contribution in [2.24, 2.45) is 0 Å². The zero-order chi connectivity index (χ0) is 11.6. The van der Waals surface area contributed by atoms with Crippen molar-refractivity contribution in [3.8, 4) is 0 Å². The van der Waals surface area contributed by atoms with Gasteiger partial charge in [0.1, 0.15) is 5.15 Å². The number of hydrogen-bond donors (Lipinski definition) is 1. The quantitative estimate of drug-likeness (QED) is 0.775. The number of aromatic nitrogens is 1. The molecule has 1 rings (SSSR count). The molecule has 0 aliphatic heterocycles. The normalized spacial score (nSPS) is 11.3. The lowest BCUT2D eigenvalue weighted by molar-refractivity contribution is 0.0919. The molecule has 5 heteroatoms. The lowest BCUT2D eigenvalue weighted by atomic mass is 10.1. The van der Waals surface area contributed by atoms with Crippen LogP contribution in [0.4, 0.5) is 0 Å². The zero-order valence-corrected chi connectivity index (χ0v) is 10.3. The van der Waals surface area contributed by atoms with E-state index < -0.39 is 0 Å². The highest BCUT2D eigenvalue weighted by Gasteiger charge is 2.16. The first kappa shape index (κ1) is 12.3. The largest absolute Gasteiger partial charge is 0.347 e. The Morgan fingerprint density at radius 2 is 2.00 bits per heavy atom. The highest BCUT2D eigenvalue weighted by atomic mass is 35.5. The molecule has 0 spiro atoms. The number of nitrogens with one attached hydrogen (secondary N) is 1. The van der Waals surface area contributed by atoms with Crippen LogP contribution in [-0.2, 0) is 0 Å². The van der Waals surface area contributed by atoms with Gasteiger partial charge in [-0.05, 0) is 26.8 Å². The molecule has 0 aliphatic carbocycles. The number of halogens is 2. The third-order valence-electron chi connectivity index (χ3n) is 1.55. The molecule has 0 radical (unpaired) electrons. The summed E-state index contributed by atoms with van der Waals surface area (Å²) < 4.78 is 0. The Kier molecular flexibility index (Phi) is 3.58. The van der Waals surface area contributed by atoms with Crippen LogP contribution in [0.5, 0.6) is 0 Å². The van der Waals surface area contributed by atoms with E-state index in [1.807, 2.05) is 20.8 Å². The molecule has 0 bridgehead atoms. The zero-order valence-electron chi connectivity index (χ0n) is 8.77. The van der Waals surface area contributed by atoms with Gasteiger partial charge < -0.3 is 5.32 Å². The summed E-state index contributed by atoms with van der Waals surface area (Å²) >= 11 is 11.4. The summed E-state index contributed by atoms with van der Waals surface area (Å²) in [6.07, 6.45) is 1.40. The lowest BCUT2D eigenvalue weighted by Gasteiger charge is -2.20. The maximum atomic E-state index is 11.7. The second kappa shape index (κ2) is 4.37. The molecular formula is C10H12Cl2N2O.